The third-order valence-corrected chi connectivity index (χ3v) is 8.55. The lowest BCUT2D eigenvalue weighted by Crippen LogP contribution is -2.49. The average molecular weight is 565 g/mol. The first-order valence-electron chi connectivity index (χ1n) is 13.9. The Bertz CT molecular complexity index is 1440. The zero-order valence-electron chi connectivity index (χ0n) is 22.8. The molecule has 0 saturated carbocycles. The van der Waals surface area contributed by atoms with Crippen LogP contribution in [0.4, 0.5) is 15.9 Å². The number of likely N-dealkylation sites (tertiary alicyclic amines) is 1. The maximum Gasteiger partial charge on any atom is 0.318 e. The Kier molecular flexibility index (Phi) is 7.51. The minimum absolute atomic E-state index is 0.386. The second kappa shape index (κ2) is 11.2. The van der Waals surface area contributed by atoms with Gasteiger partial charge in [0.1, 0.15) is 5.82 Å². The van der Waals surface area contributed by atoms with Crippen molar-refractivity contribution in [1.29, 1.82) is 0 Å². The number of nitrogens with zero attached hydrogens (tertiary/aromatic N) is 6. The number of piperazine rings is 1. The summed E-state index contributed by atoms with van der Waals surface area (Å²) in [5, 5.41) is 2.88. The van der Waals surface area contributed by atoms with Gasteiger partial charge in [0.25, 0.3) is 5.91 Å². The molecule has 2 saturated heterocycles. The Balaban J connectivity index is 1.29. The van der Waals surface area contributed by atoms with Gasteiger partial charge in [-0.3, -0.25) is 4.79 Å². The molecule has 40 heavy (non-hydrogen) atoms. The van der Waals surface area contributed by atoms with E-state index in [1.165, 1.54) is 4.90 Å². The summed E-state index contributed by atoms with van der Waals surface area (Å²) in [7, 11) is 2.13. The second-order valence-electron chi connectivity index (χ2n) is 11.0. The average Bonchev–Trinajstić information content (AvgIpc) is 3.39. The molecule has 1 aromatic heterocycles. The summed E-state index contributed by atoms with van der Waals surface area (Å²) in [6.07, 6.45) is 1.86. The Labute approximate surface area is 239 Å². The molecule has 3 aromatic rings. The highest BCUT2D eigenvalue weighted by Crippen LogP contribution is 2.37. The molecule has 8 nitrogen and oxygen atoms in total. The molecule has 2 aromatic carbocycles. The molecule has 2 fully saturated rings. The van der Waals surface area contributed by atoms with Gasteiger partial charge in [-0.05, 0) is 44.0 Å². The minimum Gasteiger partial charge on any atom is -0.463 e. The fourth-order valence-electron chi connectivity index (χ4n) is 6.11. The van der Waals surface area contributed by atoms with E-state index < -0.39 is 11.7 Å². The first kappa shape index (κ1) is 26.8. The monoisotopic (exact) mass is 564 g/mol. The van der Waals surface area contributed by atoms with Gasteiger partial charge in [0.2, 0.25) is 0 Å². The van der Waals surface area contributed by atoms with E-state index in [0.29, 0.717) is 51.3 Å². The summed E-state index contributed by atoms with van der Waals surface area (Å²) in [4.78, 5) is 30.3. The van der Waals surface area contributed by atoms with Gasteiger partial charge in [-0.15, -0.1) is 0 Å². The van der Waals surface area contributed by atoms with E-state index >= 15 is 0 Å². The van der Waals surface area contributed by atoms with Crippen molar-refractivity contribution in [3.63, 3.8) is 0 Å². The molecule has 10 heteroatoms. The molecule has 4 heterocycles. The van der Waals surface area contributed by atoms with Gasteiger partial charge in [-0.25, -0.2) is 4.39 Å². The molecular weight excluding hydrogens is 531 g/mol. The van der Waals surface area contributed by atoms with Crippen molar-refractivity contribution in [3.05, 3.63) is 65.1 Å². The van der Waals surface area contributed by atoms with Gasteiger partial charge in [-0.1, -0.05) is 42.4 Å². The van der Waals surface area contributed by atoms with Crippen LogP contribution in [0, 0.1) is 5.92 Å². The molecule has 6 rings (SSSR count). The van der Waals surface area contributed by atoms with Crippen LogP contribution in [0.1, 0.15) is 17.7 Å². The van der Waals surface area contributed by atoms with Crippen molar-refractivity contribution in [3.8, 4) is 6.01 Å². The number of carbonyl (C=O) groups is 1. The lowest BCUT2D eigenvalue weighted by Gasteiger charge is -2.38. The van der Waals surface area contributed by atoms with Crippen LogP contribution in [-0.2, 0) is 17.8 Å². The normalized spacial score (nSPS) is 19.7. The number of aromatic nitrogens is 2. The van der Waals surface area contributed by atoms with Crippen molar-refractivity contribution in [2.24, 2.45) is 5.92 Å². The van der Waals surface area contributed by atoms with Crippen molar-refractivity contribution in [1.82, 2.24) is 19.8 Å². The number of amides is 1. The van der Waals surface area contributed by atoms with Crippen LogP contribution in [-0.4, -0.2) is 85.1 Å². The number of fused-ring (bicyclic) bond motifs is 2. The molecule has 3 aliphatic rings. The maximum absolute atomic E-state index is 13.5. The molecule has 0 N–H and O–H groups in total. The topological polar surface area (TPSA) is 65.0 Å². The predicted molar refractivity (Wildman–Crippen MR) is 156 cm³/mol. The highest BCUT2D eigenvalue weighted by atomic mass is 35.5. The number of benzene rings is 2. The lowest BCUT2D eigenvalue weighted by molar-refractivity contribution is -0.128. The lowest BCUT2D eigenvalue weighted by atomic mass is 10.0. The van der Waals surface area contributed by atoms with Crippen molar-refractivity contribution in [2.75, 3.05) is 69.3 Å². The van der Waals surface area contributed by atoms with Gasteiger partial charge < -0.3 is 24.3 Å². The summed E-state index contributed by atoms with van der Waals surface area (Å²) in [6.45, 7) is 9.14. The van der Waals surface area contributed by atoms with Crippen LogP contribution >= 0.6 is 11.6 Å². The Hall–Kier alpha value is -3.43. The Morgan fingerprint density at radius 3 is 2.58 bits per heavy atom. The summed E-state index contributed by atoms with van der Waals surface area (Å²) in [6, 6.07) is 12.6. The molecule has 3 aliphatic heterocycles. The van der Waals surface area contributed by atoms with Crippen LogP contribution in [0.25, 0.3) is 10.8 Å². The van der Waals surface area contributed by atoms with E-state index in [4.69, 9.17) is 26.3 Å². The third-order valence-electron chi connectivity index (χ3n) is 8.23. The molecular formula is C30H34ClFN6O2. The third kappa shape index (κ3) is 5.32. The van der Waals surface area contributed by atoms with Gasteiger partial charge >= 0.3 is 6.01 Å². The summed E-state index contributed by atoms with van der Waals surface area (Å²) in [5.74, 6) is -0.259. The number of ether oxygens (including phenoxy) is 1. The standard InChI is InChI=1S/C30H34ClFN6O2/c1-20(32)29(39)37-15-13-36(14-16-37)28-23-10-12-38(26-8-4-6-22-5-3-7-24(31)27(22)26)18-25(23)33-30(34-28)40-19-21-9-11-35(2)17-21/h3-8,21H,1,9-19H2,2H3/t21-/m1/s1. The molecule has 210 valence electrons. The van der Waals surface area contributed by atoms with Crippen LogP contribution in [0.5, 0.6) is 6.01 Å². The van der Waals surface area contributed by atoms with Gasteiger partial charge in [0, 0.05) is 61.8 Å². The van der Waals surface area contributed by atoms with Crippen molar-refractivity contribution >= 4 is 39.8 Å². The summed E-state index contributed by atoms with van der Waals surface area (Å²) in [5.41, 5.74) is 3.13. The van der Waals surface area contributed by atoms with Crippen LogP contribution in [0.15, 0.2) is 48.8 Å². The second-order valence-corrected chi connectivity index (χ2v) is 11.4. The number of rotatable bonds is 6. The molecule has 1 atom stereocenters. The molecule has 0 unspecified atom stereocenters. The smallest absolute Gasteiger partial charge is 0.318 e. The summed E-state index contributed by atoms with van der Waals surface area (Å²) >= 11 is 6.66. The first-order chi connectivity index (χ1) is 19.4. The summed E-state index contributed by atoms with van der Waals surface area (Å²) < 4.78 is 19.7. The fourth-order valence-corrected chi connectivity index (χ4v) is 6.39. The van der Waals surface area contributed by atoms with Gasteiger partial charge in [0.15, 0.2) is 5.83 Å². The predicted octanol–water partition coefficient (Wildman–Crippen LogP) is 4.31. The number of anilines is 2. The number of carbonyl (C=O) groups excluding carboxylic acids is 1. The minimum atomic E-state index is -0.922. The fraction of sp³-hybridized carbons (Fsp3) is 0.433. The van der Waals surface area contributed by atoms with E-state index in [2.05, 4.69) is 52.6 Å². The van der Waals surface area contributed by atoms with E-state index in [9.17, 15) is 9.18 Å². The molecule has 1 amide bonds. The number of halogens is 2. The quantitative estimate of drug-likeness (QED) is 0.413. The van der Waals surface area contributed by atoms with Crippen molar-refractivity contribution in [2.45, 2.75) is 19.4 Å². The van der Waals surface area contributed by atoms with Gasteiger partial charge in [0.05, 0.1) is 23.9 Å². The number of hydrogen-bond acceptors (Lipinski definition) is 7. The molecule has 0 bridgehead atoms. The largest absolute Gasteiger partial charge is 0.463 e. The van der Waals surface area contributed by atoms with E-state index in [1.807, 2.05) is 12.1 Å². The van der Waals surface area contributed by atoms with E-state index in [1.54, 1.807) is 0 Å². The SMILES string of the molecule is C=C(F)C(=O)N1CCN(c2nc(OC[C@@H]3CCN(C)C3)nc3c2CCN(c2cccc4cccc(Cl)c24)C3)CC1. The van der Waals surface area contributed by atoms with Crippen LogP contribution < -0.4 is 14.5 Å². The Morgan fingerprint density at radius 2 is 1.85 bits per heavy atom. The van der Waals surface area contributed by atoms with Gasteiger partial charge in [-0.2, -0.15) is 9.97 Å². The number of hydrogen-bond donors (Lipinski definition) is 0. The zero-order valence-corrected chi connectivity index (χ0v) is 23.5. The molecule has 0 radical (unpaired) electrons. The highest BCUT2D eigenvalue weighted by Gasteiger charge is 2.30. The highest BCUT2D eigenvalue weighted by molar-refractivity contribution is 6.36. The maximum atomic E-state index is 13.5. The first-order valence-corrected chi connectivity index (χ1v) is 14.3. The van der Waals surface area contributed by atoms with E-state index in [0.717, 1.165) is 71.0 Å². The molecule has 0 spiro atoms. The zero-order chi connectivity index (χ0) is 27.8. The van der Waals surface area contributed by atoms with Crippen LogP contribution in [0.3, 0.4) is 0 Å². The van der Waals surface area contributed by atoms with Crippen molar-refractivity contribution < 1.29 is 13.9 Å². The van der Waals surface area contributed by atoms with Crippen LogP contribution in [0.2, 0.25) is 5.02 Å². The van der Waals surface area contributed by atoms with E-state index in [-0.39, 0.29) is 0 Å². The molecule has 0 aliphatic carbocycles. The Morgan fingerprint density at radius 1 is 1.07 bits per heavy atom.